The van der Waals surface area contributed by atoms with Crippen molar-refractivity contribution in [1.29, 1.82) is 0 Å². The Kier molecular flexibility index (Phi) is 4.62. The van der Waals surface area contributed by atoms with Crippen LogP contribution in [0.4, 0.5) is 0 Å². The summed E-state index contributed by atoms with van der Waals surface area (Å²) in [4.78, 5) is 24.2. The normalized spacial score (nSPS) is 24.6. The Hall–Kier alpha value is -2.46. The molecule has 1 saturated heterocycles. The summed E-state index contributed by atoms with van der Waals surface area (Å²) in [6, 6.07) is 4.81. The lowest BCUT2D eigenvalue weighted by Crippen LogP contribution is -2.53. The Morgan fingerprint density at radius 1 is 1.32 bits per heavy atom. The maximum Gasteiger partial charge on any atom is 0.251 e. The van der Waals surface area contributed by atoms with Gasteiger partial charge in [-0.25, -0.2) is 8.42 Å². The van der Waals surface area contributed by atoms with Crippen LogP contribution in [0.1, 0.15) is 31.0 Å². The fourth-order valence-corrected chi connectivity index (χ4v) is 5.92. The number of carbonyl (C=O) groups excluding carboxylic acids is 1. The molecule has 4 heterocycles. The molecule has 3 atom stereocenters. The van der Waals surface area contributed by atoms with Gasteiger partial charge in [-0.2, -0.15) is 9.40 Å². The lowest BCUT2D eigenvalue weighted by atomic mass is 9.79. The van der Waals surface area contributed by atoms with E-state index in [1.54, 1.807) is 17.7 Å². The average molecular weight is 405 g/mol. The number of amides is 1. The van der Waals surface area contributed by atoms with Crippen LogP contribution in [0.25, 0.3) is 0 Å². The SMILES string of the molecule is CC(=O)NC[C@H]1[C@H]2C[C@H](CN(S(=O)(=O)c3cnn(C)c3)C2)c2cccc(=O)n21. The van der Waals surface area contributed by atoms with Crippen molar-refractivity contribution in [2.75, 3.05) is 19.6 Å². The molecule has 150 valence electrons. The van der Waals surface area contributed by atoms with Crippen LogP contribution in [-0.4, -0.2) is 52.6 Å². The molecule has 0 radical (unpaired) electrons. The summed E-state index contributed by atoms with van der Waals surface area (Å²) < 4.78 is 30.9. The number of sulfonamides is 1. The first-order valence-corrected chi connectivity index (χ1v) is 10.7. The lowest BCUT2D eigenvalue weighted by Gasteiger charge is -2.46. The number of aromatic nitrogens is 3. The zero-order chi connectivity index (χ0) is 20.1. The van der Waals surface area contributed by atoms with E-state index >= 15 is 0 Å². The van der Waals surface area contributed by atoms with E-state index in [0.29, 0.717) is 19.6 Å². The Bertz CT molecular complexity index is 1070. The highest BCUT2D eigenvalue weighted by Crippen LogP contribution is 2.42. The van der Waals surface area contributed by atoms with E-state index in [0.717, 1.165) is 12.1 Å². The van der Waals surface area contributed by atoms with Gasteiger partial charge in [-0.15, -0.1) is 0 Å². The molecule has 9 nitrogen and oxygen atoms in total. The van der Waals surface area contributed by atoms with Crippen LogP contribution < -0.4 is 10.9 Å². The van der Waals surface area contributed by atoms with Gasteiger partial charge in [0.15, 0.2) is 0 Å². The second-order valence-electron chi connectivity index (χ2n) is 7.53. The number of piperidine rings is 1. The molecule has 4 rings (SSSR count). The molecule has 2 aliphatic rings. The van der Waals surface area contributed by atoms with Gasteiger partial charge in [-0.05, 0) is 18.4 Å². The van der Waals surface area contributed by atoms with Gasteiger partial charge in [0, 0.05) is 57.5 Å². The highest BCUT2D eigenvalue weighted by Gasteiger charge is 2.44. The maximum absolute atomic E-state index is 13.1. The molecular weight excluding hydrogens is 382 g/mol. The zero-order valence-corrected chi connectivity index (χ0v) is 16.6. The van der Waals surface area contributed by atoms with Crippen molar-refractivity contribution in [2.24, 2.45) is 13.0 Å². The van der Waals surface area contributed by atoms with Crippen molar-refractivity contribution >= 4 is 15.9 Å². The summed E-state index contributed by atoms with van der Waals surface area (Å²) in [7, 11) is -2.00. The number of pyridine rings is 1. The van der Waals surface area contributed by atoms with Crippen molar-refractivity contribution in [3.05, 3.63) is 46.6 Å². The molecule has 0 unspecified atom stereocenters. The highest BCUT2D eigenvalue weighted by atomic mass is 32.2. The predicted molar refractivity (Wildman–Crippen MR) is 101 cm³/mol. The van der Waals surface area contributed by atoms with Gasteiger partial charge < -0.3 is 9.88 Å². The van der Waals surface area contributed by atoms with Crippen LogP contribution in [0.3, 0.4) is 0 Å². The Morgan fingerprint density at radius 2 is 2.11 bits per heavy atom. The molecule has 2 bridgehead atoms. The first kappa shape index (κ1) is 18.9. The second kappa shape index (κ2) is 6.85. The van der Waals surface area contributed by atoms with Crippen molar-refractivity contribution in [1.82, 2.24) is 24.0 Å². The molecule has 0 spiro atoms. The number of fused-ring (bicyclic) bond motifs is 4. The van der Waals surface area contributed by atoms with Crippen molar-refractivity contribution in [3.8, 4) is 0 Å². The molecule has 1 fully saturated rings. The molecule has 0 aromatic carbocycles. The number of hydrogen-bond donors (Lipinski definition) is 1. The van der Waals surface area contributed by atoms with Gasteiger partial charge in [-0.3, -0.25) is 14.3 Å². The molecule has 0 saturated carbocycles. The minimum atomic E-state index is -3.68. The quantitative estimate of drug-likeness (QED) is 0.775. The monoisotopic (exact) mass is 405 g/mol. The molecular formula is C18H23N5O4S. The van der Waals surface area contributed by atoms with Gasteiger partial charge in [0.05, 0.1) is 12.2 Å². The number of aryl methyl sites for hydroxylation is 1. The fourth-order valence-electron chi connectivity index (χ4n) is 4.39. The molecule has 0 aliphatic carbocycles. The van der Waals surface area contributed by atoms with Gasteiger partial charge >= 0.3 is 0 Å². The predicted octanol–water partition coefficient (Wildman–Crippen LogP) is 0.0670. The maximum atomic E-state index is 13.1. The molecule has 2 aromatic rings. The second-order valence-corrected chi connectivity index (χ2v) is 9.47. The molecule has 2 aliphatic heterocycles. The van der Waals surface area contributed by atoms with Crippen LogP contribution in [0.15, 0.2) is 40.3 Å². The minimum Gasteiger partial charge on any atom is -0.354 e. The number of nitrogens with zero attached hydrogens (tertiary/aromatic N) is 4. The van der Waals surface area contributed by atoms with E-state index in [1.165, 1.54) is 34.4 Å². The number of rotatable bonds is 4. The molecule has 10 heteroatoms. The standard InChI is InChI=1S/C18H23N5O4S/c1-12(24)19-8-17-14-6-13(16-4-3-5-18(25)23(16)17)9-22(10-14)28(26,27)15-7-20-21(2)11-15/h3-5,7,11,13-14,17H,6,8-10H2,1-2H3,(H,19,24)/t13-,14+,17+/m1/s1. The Balaban J connectivity index is 1.73. The van der Waals surface area contributed by atoms with Gasteiger partial charge in [0.25, 0.3) is 5.56 Å². The summed E-state index contributed by atoms with van der Waals surface area (Å²) in [5.74, 6) is -0.305. The van der Waals surface area contributed by atoms with Gasteiger partial charge in [-0.1, -0.05) is 6.07 Å². The van der Waals surface area contributed by atoms with Crippen molar-refractivity contribution in [2.45, 2.75) is 30.2 Å². The van der Waals surface area contributed by atoms with E-state index in [4.69, 9.17) is 0 Å². The summed E-state index contributed by atoms with van der Waals surface area (Å²) in [5.41, 5.74) is 0.705. The summed E-state index contributed by atoms with van der Waals surface area (Å²) in [5, 5.41) is 6.77. The van der Waals surface area contributed by atoms with E-state index in [2.05, 4.69) is 10.4 Å². The van der Waals surface area contributed by atoms with E-state index in [9.17, 15) is 18.0 Å². The topological polar surface area (TPSA) is 106 Å². The van der Waals surface area contributed by atoms with Crippen molar-refractivity contribution < 1.29 is 13.2 Å². The first-order valence-electron chi connectivity index (χ1n) is 9.22. The molecule has 28 heavy (non-hydrogen) atoms. The van der Waals surface area contributed by atoms with Crippen LogP contribution in [0.5, 0.6) is 0 Å². The molecule has 2 aromatic heterocycles. The Morgan fingerprint density at radius 3 is 2.79 bits per heavy atom. The van der Waals surface area contributed by atoms with Crippen LogP contribution in [0.2, 0.25) is 0 Å². The highest BCUT2D eigenvalue weighted by molar-refractivity contribution is 7.89. The van der Waals surface area contributed by atoms with Crippen molar-refractivity contribution in [3.63, 3.8) is 0 Å². The first-order chi connectivity index (χ1) is 13.3. The minimum absolute atomic E-state index is 0.0623. The largest absolute Gasteiger partial charge is 0.354 e. The summed E-state index contributed by atoms with van der Waals surface area (Å²) in [6.45, 7) is 2.35. The molecule has 1 N–H and O–H groups in total. The van der Waals surface area contributed by atoms with E-state index in [1.807, 2.05) is 6.07 Å². The smallest absolute Gasteiger partial charge is 0.251 e. The third kappa shape index (κ3) is 3.16. The van der Waals surface area contributed by atoms with E-state index < -0.39 is 10.0 Å². The third-order valence-corrected chi connectivity index (χ3v) is 7.43. The zero-order valence-electron chi connectivity index (χ0n) is 15.8. The fraction of sp³-hybridized carbons (Fsp3) is 0.500. The number of nitrogens with one attached hydrogen (secondary N) is 1. The van der Waals surface area contributed by atoms with E-state index in [-0.39, 0.29) is 34.2 Å². The van der Waals surface area contributed by atoms with Gasteiger partial charge in [0.1, 0.15) is 4.90 Å². The summed E-state index contributed by atoms with van der Waals surface area (Å²) >= 11 is 0. The Labute approximate surface area is 163 Å². The van der Waals surface area contributed by atoms with Crippen LogP contribution in [-0.2, 0) is 21.9 Å². The summed E-state index contributed by atoms with van der Waals surface area (Å²) in [6.07, 6.45) is 3.63. The average Bonchev–Trinajstić information content (AvgIpc) is 3.09. The van der Waals surface area contributed by atoms with Crippen LogP contribution in [0, 0.1) is 5.92 Å². The number of hydrogen-bond acceptors (Lipinski definition) is 5. The lowest BCUT2D eigenvalue weighted by molar-refractivity contribution is -0.119. The van der Waals surface area contributed by atoms with Crippen LogP contribution >= 0.6 is 0 Å². The van der Waals surface area contributed by atoms with Gasteiger partial charge in [0.2, 0.25) is 15.9 Å². The third-order valence-electron chi connectivity index (χ3n) is 5.64. The molecule has 1 amide bonds. The number of carbonyl (C=O) groups is 1.